The first-order chi connectivity index (χ1) is 12.2. The van der Waals surface area contributed by atoms with E-state index in [0.717, 1.165) is 11.3 Å². The lowest BCUT2D eigenvalue weighted by molar-refractivity contribution is 0.474. The molecule has 0 fully saturated rings. The molecule has 0 radical (unpaired) electrons. The molecule has 25 heavy (non-hydrogen) atoms. The molecule has 0 aliphatic carbocycles. The van der Waals surface area contributed by atoms with Crippen LogP contribution in [0.5, 0.6) is 17.2 Å². The topological polar surface area (TPSA) is 59.7 Å². The molecule has 0 amide bonds. The monoisotopic (exact) mass is 330 g/mol. The molecule has 1 heterocycles. The Kier molecular flexibility index (Phi) is 3.71. The number of aromatic hydroxyl groups is 1. The Morgan fingerprint density at radius 2 is 1.56 bits per heavy atom. The summed E-state index contributed by atoms with van der Waals surface area (Å²) in [5.41, 5.74) is 1.42. The third kappa shape index (κ3) is 2.97. The molecule has 1 aromatic heterocycles. The molecule has 4 rings (SSSR count). The van der Waals surface area contributed by atoms with Crippen molar-refractivity contribution in [2.75, 3.05) is 0 Å². The second-order valence-electron chi connectivity index (χ2n) is 5.60. The van der Waals surface area contributed by atoms with Gasteiger partial charge in [-0.2, -0.15) is 0 Å². The number of ether oxygens (including phenoxy) is 1. The van der Waals surface area contributed by atoms with Gasteiger partial charge in [-0.1, -0.05) is 30.3 Å². The fourth-order valence-corrected chi connectivity index (χ4v) is 2.64. The van der Waals surface area contributed by atoms with Crippen LogP contribution in [0, 0.1) is 0 Å². The van der Waals surface area contributed by atoms with Gasteiger partial charge in [0, 0.05) is 6.07 Å². The first-order valence-corrected chi connectivity index (χ1v) is 7.78. The maximum atomic E-state index is 12.6. The fraction of sp³-hybridized carbons (Fsp3) is 0. The number of hydrogen-bond donors (Lipinski definition) is 1. The van der Waals surface area contributed by atoms with Crippen LogP contribution >= 0.6 is 0 Å². The molecule has 4 aromatic rings. The lowest BCUT2D eigenvalue weighted by atomic mass is 10.1. The van der Waals surface area contributed by atoms with Crippen molar-refractivity contribution in [1.82, 2.24) is 0 Å². The first-order valence-electron chi connectivity index (χ1n) is 7.78. The zero-order valence-electron chi connectivity index (χ0n) is 13.2. The normalized spacial score (nSPS) is 10.7. The number of phenols is 1. The molecule has 0 aliphatic rings. The van der Waals surface area contributed by atoms with Crippen LogP contribution in [0.15, 0.2) is 88.3 Å². The van der Waals surface area contributed by atoms with Gasteiger partial charge in [0.05, 0.1) is 10.9 Å². The van der Waals surface area contributed by atoms with Crippen molar-refractivity contribution in [1.29, 1.82) is 0 Å². The summed E-state index contributed by atoms with van der Waals surface area (Å²) in [6.07, 6.45) is 1.41. The van der Waals surface area contributed by atoms with Gasteiger partial charge in [-0.15, -0.1) is 0 Å². The second-order valence-corrected chi connectivity index (χ2v) is 5.60. The van der Waals surface area contributed by atoms with E-state index in [0.29, 0.717) is 22.3 Å². The summed E-state index contributed by atoms with van der Waals surface area (Å²) >= 11 is 0. The van der Waals surface area contributed by atoms with Crippen molar-refractivity contribution in [3.63, 3.8) is 0 Å². The Labute approximate surface area is 143 Å². The van der Waals surface area contributed by atoms with Gasteiger partial charge in [-0.3, -0.25) is 4.79 Å². The van der Waals surface area contributed by atoms with Crippen molar-refractivity contribution >= 4 is 11.0 Å². The molecule has 4 heteroatoms. The minimum absolute atomic E-state index is 0.0609. The second kappa shape index (κ2) is 6.17. The summed E-state index contributed by atoms with van der Waals surface area (Å²) in [6.45, 7) is 0. The number of benzene rings is 3. The summed E-state index contributed by atoms with van der Waals surface area (Å²) in [6, 6.07) is 21.2. The molecule has 0 atom stereocenters. The minimum atomic E-state index is -0.141. The molecule has 1 N–H and O–H groups in total. The molecule has 0 bridgehead atoms. The van der Waals surface area contributed by atoms with E-state index < -0.39 is 0 Å². The average Bonchev–Trinajstić information content (AvgIpc) is 2.64. The Morgan fingerprint density at radius 1 is 0.840 bits per heavy atom. The van der Waals surface area contributed by atoms with Gasteiger partial charge in [-0.25, -0.2) is 0 Å². The van der Waals surface area contributed by atoms with E-state index in [1.807, 2.05) is 54.6 Å². The quantitative estimate of drug-likeness (QED) is 0.577. The Hall–Kier alpha value is -3.53. The van der Waals surface area contributed by atoms with Crippen LogP contribution in [-0.4, -0.2) is 5.11 Å². The van der Waals surface area contributed by atoms with Crippen LogP contribution in [0.1, 0.15) is 0 Å². The zero-order chi connectivity index (χ0) is 17.2. The number of para-hydroxylation sites is 1. The van der Waals surface area contributed by atoms with Crippen molar-refractivity contribution in [2.24, 2.45) is 0 Å². The third-order valence-corrected chi connectivity index (χ3v) is 3.90. The Morgan fingerprint density at radius 3 is 2.32 bits per heavy atom. The lowest BCUT2D eigenvalue weighted by Gasteiger charge is -2.07. The van der Waals surface area contributed by atoms with Gasteiger partial charge < -0.3 is 14.3 Å². The maximum absolute atomic E-state index is 12.6. The van der Waals surface area contributed by atoms with Gasteiger partial charge in [-0.05, 0) is 42.0 Å². The first kappa shape index (κ1) is 15.0. The van der Waals surface area contributed by atoms with Crippen LogP contribution in [0.4, 0.5) is 0 Å². The van der Waals surface area contributed by atoms with Crippen LogP contribution in [0.2, 0.25) is 0 Å². The third-order valence-electron chi connectivity index (χ3n) is 3.90. The average molecular weight is 330 g/mol. The van der Waals surface area contributed by atoms with Gasteiger partial charge in [0.2, 0.25) is 0 Å². The van der Waals surface area contributed by atoms with Crippen molar-refractivity contribution in [3.05, 3.63) is 89.3 Å². The summed E-state index contributed by atoms with van der Waals surface area (Å²) in [4.78, 5) is 12.6. The molecule has 0 saturated heterocycles. The van der Waals surface area contributed by atoms with Gasteiger partial charge in [0.25, 0.3) is 0 Å². The van der Waals surface area contributed by atoms with E-state index in [1.165, 1.54) is 18.4 Å². The highest BCUT2D eigenvalue weighted by atomic mass is 16.5. The summed E-state index contributed by atoms with van der Waals surface area (Å²) in [5.74, 6) is 1.50. The van der Waals surface area contributed by atoms with Gasteiger partial charge >= 0.3 is 0 Å². The highest BCUT2D eigenvalue weighted by Gasteiger charge is 2.10. The van der Waals surface area contributed by atoms with E-state index in [-0.39, 0.29) is 11.2 Å². The van der Waals surface area contributed by atoms with Crippen molar-refractivity contribution < 1.29 is 14.3 Å². The van der Waals surface area contributed by atoms with Crippen molar-refractivity contribution in [2.45, 2.75) is 0 Å². The Balaban J connectivity index is 1.68. The summed E-state index contributed by atoms with van der Waals surface area (Å²) in [7, 11) is 0. The van der Waals surface area contributed by atoms with Crippen LogP contribution in [-0.2, 0) is 0 Å². The predicted octanol–water partition coefficient (Wildman–Crippen LogP) is 4.96. The summed E-state index contributed by atoms with van der Waals surface area (Å²) < 4.78 is 11.2. The number of hydrogen-bond acceptors (Lipinski definition) is 4. The lowest BCUT2D eigenvalue weighted by Crippen LogP contribution is -2.04. The molecule has 0 spiro atoms. The molecular weight excluding hydrogens is 316 g/mol. The smallest absolute Gasteiger partial charge is 0.200 e. The molecule has 122 valence electrons. The molecule has 0 unspecified atom stereocenters. The number of fused-ring (bicyclic) bond motifs is 1. The predicted molar refractivity (Wildman–Crippen MR) is 96.1 cm³/mol. The molecule has 0 saturated carbocycles. The number of phenolic OH excluding ortho intramolecular Hbond substituents is 1. The van der Waals surface area contributed by atoms with Crippen molar-refractivity contribution in [3.8, 4) is 28.4 Å². The molecule has 3 aromatic carbocycles. The van der Waals surface area contributed by atoms with Crippen LogP contribution < -0.4 is 10.2 Å². The Bertz CT molecular complexity index is 1080. The van der Waals surface area contributed by atoms with E-state index in [1.54, 1.807) is 6.07 Å². The molecule has 4 nitrogen and oxygen atoms in total. The van der Waals surface area contributed by atoms with E-state index >= 15 is 0 Å². The SMILES string of the molecule is O=c1c(-c2ccc(Oc3ccccc3)cc2)coc2cc(O)ccc12. The minimum Gasteiger partial charge on any atom is -0.508 e. The molecule has 0 aliphatic heterocycles. The largest absolute Gasteiger partial charge is 0.508 e. The van der Waals surface area contributed by atoms with E-state index in [9.17, 15) is 9.90 Å². The van der Waals surface area contributed by atoms with Crippen LogP contribution in [0.25, 0.3) is 22.1 Å². The highest BCUT2D eigenvalue weighted by Crippen LogP contribution is 2.26. The summed E-state index contributed by atoms with van der Waals surface area (Å²) in [5, 5.41) is 9.91. The molecular formula is C21H14O4. The van der Waals surface area contributed by atoms with Crippen LogP contribution in [0.3, 0.4) is 0 Å². The number of rotatable bonds is 3. The fourth-order valence-electron chi connectivity index (χ4n) is 2.64. The zero-order valence-corrected chi connectivity index (χ0v) is 13.2. The highest BCUT2D eigenvalue weighted by molar-refractivity contribution is 5.82. The standard InChI is InChI=1S/C21H14O4/c22-15-8-11-18-20(12-15)24-13-19(21(18)23)14-6-9-17(10-7-14)25-16-4-2-1-3-5-16/h1-13,22H. The maximum Gasteiger partial charge on any atom is 0.200 e. The van der Waals surface area contributed by atoms with Gasteiger partial charge in [0.15, 0.2) is 5.43 Å². The van der Waals surface area contributed by atoms with E-state index in [2.05, 4.69) is 0 Å². The van der Waals surface area contributed by atoms with E-state index in [4.69, 9.17) is 9.15 Å². The van der Waals surface area contributed by atoms with Gasteiger partial charge in [0.1, 0.15) is 29.1 Å².